The number of aryl methyl sites for hydroxylation is 2. The molecule has 1 aromatic heterocycles. The lowest BCUT2D eigenvalue weighted by Gasteiger charge is -2.14. The fraction of sp³-hybridized carbons (Fsp3) is 0.190. The van der Waals surface area contributed by atoms with Crippen LogP contribution >= 0.6 is 23.2 Å². The van der Waals surface area contributed by atoms with Crippen LogP contribution < -0.4 is 0 Å². The van der Waals surface area contributed by atoms with Crippen LogP contribution in [0.1, 0.15) is 34.4 Å². The zero-order chi connectivity index (χ0) is 17.0. The summed E-state index contributed by atoms with van der Waals surface area (Å²) in [5.74, 6) is 0. The van der Waals surface area contributed by atoms with Crippen molar-refractivity contribution in [1.82, 2.24) is 4.57 Å². The van der Waals surface area contributed by atoms with E-state index >= 15 is 0 Å². The van der Waals surface area contributed by atoms with Gasteiger partial charge in [0.2, 0.25) is 0 Å². The van der Waals surface area contributed by atoms with Gasteiger partial charge in [-0.1, -0.05) is 35.3 Å². The minimum Gasteiger partial charge on any atom is -0.313 e. The molecule has 4 heteroatoms. The van der Waals surface area contributed by atoms with E-state index in [1.807, 2.05) is 24.4 Å². The van der Waals surface area contributed by atoms with Crippen molar-refractivity contribution in [3.8, 4) is 5.69 Å². The van der Waals surface area contributed by atoms with Crippen LogP contribution in [0.4, 0.5) is 0 Å². The van der Waals surface area contributed by atoms with Crippen LogP contribution in [0, 0.1) is 0 Å². The minimum absolute atomic E-state index is 0.531. The molecule has 0 fully saturated rings. The number of hydrogen-bond acceptors (Lipinski definition) is 1. The topological polar surface area (TPSA) is 17.3 Å². The third kappa shape index (κ3) is 2.36. The highest BCUT2D eigenvalue weighted by molar-refractivity contribution is 6.35. The molecule has 0 bridgehead atoms. The fourth-order valence-electron chi connectivity index (χ4n) is 3.96. The Hall–Kier alpha value is -2.03. The summed E-state index contributed by atoms with van der Waals surface area (Å²) in [5.41, 5.74) is 8.07. The molecule has 2 heterocycles. The van der Waals surface area contributed by atoms with Gasteiger partial charge in [-0.15, -0.1) is 0 Å². The van der Waals surface area contributed by atoms with Crippen LogP contribution in [0.3, 0.4) is 0 Å². The summed E-state index contributed by atoms with van der Waals surface area (Å²) < 4.78 is 2.11. The molecule has 0 saturated heterocycles. The van der Waals surface area contributed by atoms with Crippen molar-refractivity contribution in [1.29, 1.82) is 0 Å². The summed E-state index contributed by atoms with van der Waals surface area (Å²) in [5, 5.41) is 1.40. The Morgan fingerprint density at radius 1 is 0.920 bits per heavy atom. The van der Waals surface area contributed by atoms with E-state index in [-0.39, 0.29) is 0 Å². The molecule has 25 heavy (non-hydrogen) atoms. The predicted molar refractivity (Wildman–Crippen MR) is 104 cm³/mol. The van der Waals surface area contributed by atoms with Crippen LogP contribution in [0.2, 0.25) is 10.0 Å². The number of nitrogens with zero attached hydrogens (tertiary/aromatic N) is 2. The molecule has 5 rings (SSSR count). The lowest BCUT2D eigenvalue weighted by Crippen LogP contribution is -2.09. The molecule has 0 saturated carbocycles. The Morgan fingerprint density at radius 3 is 2.68 bits per heavy atom. The Bertz CT molecular complexity index is 1030. The smallest absolute Gasteiger partial charge is 0.0891 e. The molecule has 0 radical (unpaired) electrons. The van der Waals surface area contributed by atoms with E-state index in [0.717, 1.165) is 29.1 Å². The summed E-state index contributed by atoms with van der Waals surface area (Å²) in [6, 6.07) is 14.6. The number of halogens is 2. The average Bonchev–Trinajstić information content (AvgIpc) is 3.24. The van der Waals surface area contributed by atoms with Gasteiger partial charge in [-0.2, -0.15) is 0 Å². The molecule has 0 N–H and O–H groups in total. The Morgan fingerprint density at radius 2 is 1.76 bits per heavy atom. The Balaban J connectivity index is 1.72. The highest BCUT2D eigenvalue weighted by Crippen LogP contribution is 2.35. The van der Waals surface area contributed by atoms with E-state index in [9.17, 15) is 0 Å². The molecular formula is C21H16Cl2N2. The molecule has 2 nitrogen and oxygen atoms in total. The van der Waals surface area contributed by atoms with E-state index in [1.165, 1.54) is 29.5 Å². The van der Waals surface area contributed by atoms with E-state index in [4.69, 9.17) is 28.2 Å². The fourth-order valence-corrected chi connectivity index (χ4v) is 4.44. The lowest BCUT2D eigenvalue weighted by molar-refractivity contribution is 0.912. The maximum Gasteiger partial charge on any atom is 0.0891 e. The minimum atomic E-state index is 0.531. The number of fused-ring (bicyclic) bond motifs is 4. The second-order valence-electron chi connectivity index (χ2n) is 6.62. The van der Waals surface area contributed by atoms with Gasteiger partial charge in [-0.25, -0.2) is 0 Å². The first-order valence-electron chi connectivity index (χ1n) is 8.54. The van der Waals surface area contributed by atoms with Crippen LogP contribution in [-0.2, 0) is 19.4 Å². The maximum atomic E-state index is 6.51. The average molecular weight is 367 g/mol. The normalized spacial score (nSPS) is 15.2. The summed E-state index contributed by atoms with van der Waals surface area (Å²) in [7, 11) is 0. The van der Waals surface area contributed by atoms with E-state index in [2.05, 4.69) is 28.8 Å². The third-order valence-electron chi connectivity index (χ3n) is 5.18. The highest BCUT2D eigenvalue weighted by Gasteiger charge is 2.22. The van der Waals surface area contributed by atoms with Gasteiger partial charge in [-0.3, -0.25) is 4.99 Å². The van der Waals surface area contributed by atoms with E-state index in [1.54, 1.807) is 0 Å². The molecule has 1 aliphatic carbocycles. The lowest BCUT2D eigenvalue weighted by atomic mass is 10.0. The quantitative estimate of drug-likeness (QED) is 0.531. The first-order valence-corrected chi connectivity index (χ1v) is 9.29. The van der Waals surface area contributed by atoms with Gasteiger partial charge in [0.05, 0.1) is 28.7 Å². The molecule has 2 aliphatic rings. The second-order valence-corrected chi connectivity index (χ2v) is 7.44. The van der Waals surface area contributed by atoms with Crippen molar-refractivity contribution in [2.24, 2.45) is 4.99 Å². The molecule has 0 unspecified atom stereocenters. The third-order valence-corrected chi connectivity index (χ3v) is 5.83. The van der Waals surface area contributed by atoms with E-state index in [0.29, 0.717) is 16.6 Å². The molecule has 2 aromatic carbocycles. The maximum absolute atomic E-state index is 6.51. The number of rotatable bonds is 1. The molecule has 1 aliphatic heterocycles. The van der Waals surface area contributed by atoms with Gasteiger partial charge in [-0.05, 0) is 60.7 Å². The molecule has 124 valence electrons. The number of aromatic nitrogens is 1. The molecule has 0 amide bonds. The Kier molecular flexibility index (Phi) is 3.51. The summed E-state index contributed by atoms with van der Waals surface area (Å²) >= 11 is 13.0. The summed E-state index contributed by atoms with van der Waals surface area (Å²) in [6.45, 7) is 0.531. The zero-order valence-corrected chi connectivity index (χ0v) is 15.1. The molecular weight excluding hydrogens is 351 g/mol. The number of aliphatic imine (C=N–C) groups is 1. The number of hydrogen-bond donors (Lipinski definition) is 0. The summed E-state index contributed by atoms with van der Waals surface area (Å²) in [6.07, 6.45) is 5.63. The van der Waals surface area contributed by atoms with Crippen molar-refractivity contribution >= 4 is 28.9 Å². The van der Waals surface area contributed by atoms with E-state index < -0.39 is 0 Å². The van der Waals surface area contributed by atoms with Crippen LogP contribution in [0.25, 0.3) is 5.69 Å². The largest absolute Gasteiger partial charge is 0.313 e. The first kappa shape index (κ1) is 15.2. The predicted octanol–water partition coefficient (Wildman–Crippen LogP) is 5.62. The van der Waals surface area contributed by atoms with Gasteiger partial charge in [0.25, 0.3) is 0 Å². The van der Waals surface area contributed by atoms with Gasteiger partial charge >= 0.3 is 0 Å². The van der Waals surface area contributed by atoms with Crippen molar-refractivity contribution < 1.29 is 0 Å². The van der Waals surface area contributed by atoms with Crippen LogP contribution in [0.15, 0.2) is 53.7 Å². The van der Waals surface area contributed by atoms with Gasteiger partial charge < -0.3 is 4.57 Å². The molecule has 0 spiro atoms. The van der Waals surface area contributed by atoms with Crippen molar-refractivity contribution in [3.05, 3.63) is 86.7 Å². The summed E-state index contributed by atoms with van der Waals surface area (Å²) in [4.78, 5) is 4.93. The van der Waals surface area contributed by atoms with Crippen molar-refractivity contribution in [2.75, 3.05) is 0 Å². The van der Waals surface area contributed by atoms with Gasteiger partial charge in [0.15, 0.2) is 0 Å². The first-order chi connectivity index (χ1) is 12.2. The van der Waals surface area contributed by atoms with Crippen LogP contribution in [-0.4, -0.2) is 10.3 Å². The van der Waals surface area contributed by atoms with Crippen molar-refractivity contribution in [3.63, 3.8) is 0 Å². The monoisotopic (exact) mass is 366 g/mol. The Labute approximate surface area is 156 Å². The van der Waals surface area contributed by atoms with Gasteiger partial charge in [0.1, 0.15) is 0 Å². The standard InChI is InChI=1S/C21H16Cl2N2/c22-17-8-9-18(23)21-16(17)12-24-20(19-5-2-10-25(19)21)15-7-6-13-3-1-4-14(13)11-15/h2,5-11H,1,3-4,12H2. The molecule has 0 atom stereocenters. The second kappa shape index (κ2) is 5.76. The van der Waals surface area contributed by atoms with Gasteiger partial charge in [0, 0.05) is 22.3 Å². The van der Waals surface area contributed by atoms with Crippen molar-refractivity contribution in [2.45, 2.75) is 25.8 Å². The SMILES string of the molecule is Clc1ccc(Cl)c2c1CN=C(c1ccc3c(c1)CCC3)c1cccn1-2. The zero-order valence-electron chi connectivity index (χ0n) is 13.6. The number of benzene rings is 2. The van der Waals surface area contributed by atoms with Crippen LogP contribution in [0.5, 0.6) is 0 Å². The molecule has 3 aromatic rings. The highest BCUT2D eigenvalue weighted by atomic mass is 35.5.